The van der Waals surface area contributed by atoms with Crippen molar-refractivity contribution in [1.29, 1.82) is 0 Å². The molecule has 0 spiro atoms. The fourth-order valence-electron chi connectivity index (χ4n) is 5.26. The minimum Gasteiger partial charge on any atom is -0.492 e. The maximum absolute atomic E-state index is 14.3. The first-order chi connectivity index (χ1) is 23.9. The Balaban J connectivity index is 1.44. The molecule has 0 aliphatic heterocycles. The summed E-state index contributed by atoms with van der Waals surface area (Å²) >= 11 is 0. The first-order valence-corrected chi connectivity index (χ1v) is 15.4. The normalized spacial score (nSPS) is 10.4. The van der Waals surface area contributed by atoms with E-state index in [4.69, 9.17) is 9.31 Å². The van der Waals surface area contributed by atoms with Crippen molar-refractivity contribution < 1.29 is 33.3 Å². The maximum Gasteiger partial charge on any atom is 0.637 e. The van der Waals surface area contributed by atoms with Gasteiger partial charge in [0.05, 0.1) is 11.1 Å². The second-order valence-electron chi connectivity index (χ2n) is 10.9. The van der Waals surface area contributed by atoms with Gasteiger partial charge >= 0.3 is 19.1 Å². The number of carbonyl (C=O) groups excluding carboxylic acids is 5. The van der Waals surface area contributed by atoms with Crippen molar-refractivity contribution in [2.75, 3.05) is 0 Å². The molecule has 0 aliphatic carbocycles. The topological polar surface area (TPSA) is 104 Å². The zero-order valence-electron chi connectivity index (χ0n) is 26.0. The van der Waals surface area contributed by atoms with E-state index >= 15 is 0 Å². The number of benzene rings is 6. The van der Waals surface area contributed by atoms with Crippen molar-refractivity contribution in [2.45, 2.75) is 0 Å². The zero-order valence-corrected chi connectivity index (χ0v) is 26.0. The molecule has 7 nitrogen and oxygen atoms in total. The van der Waals surface area contributed by atoms with Gasteiger partial charge in [-0.1, -0.05) is 140 Å². The largest absolute Gasteiger partial charge is 0.637 e. The summed E-state index contributed by atoms with van der Waals surface area (Å²) in [4.78, 5) is 68.1. The van der Waals surface area contributed by atoms with Crippen molar-refractivity contribution in [1.82, 2.24) is 0 Å². The molecule has 0 aromatic heterocycles. The lowest BCUT2D eigenvalue weighted by molar-refractivity contribution is 0.0612. The van der Waals surface area contributed by atoms with Crippen LogP contribution in [0.15, 0.2) is 164 Å². The summed E-state index contributed by atoms with van der Waals surface area (Å²) in [7, 11) is -1.71. The first-order valence-electron chi connectivity index (χ1n) is 15.4. The second kappa shape index (κ2) is 14.8. The lowest BCUT2D eigenvalue weighted by Crippen LogP contribution is -2.44. The van der Waals surface area contributed by atoms with Crippen LogP contribution in [0.1, 0.15) is 68.5 Å². The standard InChI is InChI=1S/C41H27BO7/c43-37(28-14-5-1-6-15-28)30-24-26-31(27-25-30)38(44)34-22-13-23-35(36(34)39(45)29-16-7-2-8-17-29)42(48-40(46)32-18-9-3-10-19-32)49-41(47)33-20-11-4-12-21-33/h1-27H. The fraction of sp³-hybridized carbons (Fsp3) is 0. The molecule has 0 N–H and O–H groups in total. The summed E-state index contributed by atoms with van der Waals surface area (Å²) in [6.07, 6.45) is 0. The van der Waals surface area contributed by atoms with E-state index < -0.39 is 30.6 Å². The summed E-state index contributed by atoms with van der Waals surface area (Å²) in [5.41, 5.74) is 1.64. The average Bonchev–Trinajstić information content (AvgIpc) is 3.17. The van der Waals surface area contributed by atoms with Crippen LogP contribution in [0, 0.1) is 0 Å². The number of ketones is 3. The number of hydrogen-bond acceptors (Lipinski definition) is 7. The summed E-state index contributed by atoms with van der Waals surface area (Å²) in [6.45, 7) is 0. The Kier molecular flexibility index (Phi) is 9.77. The van der Waals surface area contributed by atoms with Gasteiger partial charge in [0, 0.05) is 38.8 Å². The second-order valence-corrected chi connectivity index (χ2v) is 10.9. The Morgan fingerprint density at radius 2 is 0.714 bits per heavy atom. The van der Waals surface area contributed by atoms with Crippen molar-refractivity contribution in [2.24, 2.45) is 0 Å². The molecule has 0 bridgehead atoms. The van der Waals surface area contributed by atoms with E-state index in [0.29, 0.717) is 11.1 Å². The Morgan fingerprint density at radius 3 is 1.16 bits per heavy atom. The molecule has 0 unspecified atom stereocenters. The van der Waals surface area contributed by atoms with E-state index in [1.165, 1.54) is 30.3 Å². The SMILES string of the molecule is O=C(OB(OC(=O)c1ccccc1)c1cccc(C(=O)c2ccc(C(=O)c3ccccc3)cc2)c1C(=O)c1ccccc1)c1ccccc1. The molecule has 236 valence electrons. The van der Waals surface area contributed by atoms with E-state index in [9.17, 15) is 24.0 Å². The highest BCUT2D eigenvalue weighted by Gasteiger charge is 2.37. The van der Waals surface area contributed by atoms with Crippen molar-refractivity contribution in [3.05, 3.63) is 208 Å². The lowest BCUT2D eigenvalue weighted by atomic mass is 9.71. The highest BCUT2D eigenvalue weighted by molar-refractivity contribution is 6.66. The van der Waals surface area contributed by atoms with Gasteiger partial charge in [-0.15, -0.1) is 0 Å². The third-order valence-corrected chi connectivity index (χ3v) is 7.75. The van der Waals surface area contributed by atoms with Gasteiger partial charge in [0.15, 0.2) is 17.3 Å². The minimum absolute atomic E-state index is 0.00383. The van der Waals surface area contributed by atoms with Crippen molar-refractivity contribution in [3.63, 3.8) is 0 Å². The quantitative estimate of drug-likeness (QED) is 0.113. The highest BCUT2D eigenvalue weighted by atomic mass is 16.6. The number of rotatable bonds is 11. The first kappa shape index (κ1) is 32.3. The molecule has 0 atom stereocenters. The van der Waals surface area contributed by atoms with Crippen LogP contribution in [0.5, 0.6) is 0 Å². The van der Waals surface area contributed by atoms with Crippen LogP contribution in [-0.4, -0.2) is 36.4 Å². The highest BCUT2D eigenvalue weighted by Crippen LogP contribution is 2.21. The lowest BCUT2D eigenvalue weighted by Gasteiger charge is -2.19. The summed E-state index contributed by atoms with van der Waals surface area (Å²) < 4.78 is 11.6. The molecule has 0 radical (unpaired) electrons. The minimum atomic E-state index is -1.71. The monoisotopic (exact) mass is 642 g/mol. The van der Waals surface area contributed by atoms with Gasteiger partial charge in [0.2, 0.25) is 0 Å². The van der Waals surface area contributed by atoms with E-state index in [2.05, 4.69) is 0 Å². The smallest absolute Gasteiger partial charge is 0.492 e. The van der Waals surface area contributed by atoms with Gasteiger partial charge in [0.25, 0.3) is 0 Å². The fourth-order valence-corrected chi connectivity index (χ4v) is 5.26. The molecule has 49 heavy (non-hydrogen) atoms. The van der Waals surface area contributed by atoms with Crippen LogP contribution in [0.4, 0.5) is 0 Å². The average molecular weight is 642 g/mol. The van der Waals surface area contributed by atoms with Crippen molar-refractivity contribution in [3.8, 4) is 0 Å². The van der Waals surface area contributed by atoms with Crippen LogP contribution in [-0.2, 0) is 9.31 Å². The van der Waals surface area contributed by atoms with Crippen LogP contribution in [0.25, 0.3) is 0 Å². The van der Waals surface area contributed by atoms with Gasteiger partial charge in [-0.05, 0) is 24.3 Å². The summed E-state index contributed by atoms with van der Waals surface area (Å²) in [6, 6.07) is 44.0. The Hall–Kier alpha value is -6.67. The van der Waals surface area contributed by atoms with Gasteiger partial charge in [0.1, 0.15) is 0 Å². The van der Waals surface area contributed by atoms with Gasteiger partial charge in [-0.2, -0.15) is 0 Å². The molecule has 0 heterocycles. The Morgan fingerprint density at radius 1 is 0.347 bits per heavy atom. The molecule has 8 heteroatoms. The third-order valence-electron chi connectivity index (χ3n) is 7.75. The zero-order chi connectivity index (χ0) is 34.2. The maximum atomic E-state index is 14.3. The third kappa shape index (κ3) is 7.34. The Labute approximate surface area is 282 Å². The molecule has 0 amide bonds. The Bertz CT molecular complexity index is 2080. The van der Waals surface area contributed by atoms with E-state index in [1.54, 1.807) is 127 Å². The molecular weight excluding hydrogens is 615 g/mol. The van der Waals surface area contributed by atoms with Crippen molar-refractivity contribution >= 4 is 41.9 Å². The van der Waals surface area contributed by atoms with Gasteiger partial charge in [-0.3, -0.25) is 14.4 Å². The molecule has 0 saturated carbocycles. The number of carbonyl (C=O) groups is 5. The molecular formula is C41H27BO7. The number of hydrogen-bond donors (Lipinski definition) is 0. The molecule has 6 aromatic carbocycles. The van der Waals surface area contributed by atoms with Crippen LogP contribution < -0.4 is 5.46 Å². The van der Waals surface area contributed by atoms with Crippen LogP contribution in [0.2, 0.25) is 0 Å². The van der Waals surface area contributed by atoms with Crippen LogP contribution >= 0.6 is 0 Å². The predicted molar refractivity (Wildman–Crippen MR) is 185 cm³/mol. The predicted octanol–water partition coefficient (Wildman–Crippen LogP) is 6.79. The van der Waals surface area contributed by atoms with Gasteiger partial charge in [-0.25, -0.2) is 9.59 Å². The van der Waals surface area contributed by atoms with Gasteiger partial charge < -0.3 is 9.31 Å². The van der Waals surface area contributed by atoms with E-state index in [-0.39, 0.29) is 44.6 Å². The molecule has 6 rings (SSSR count). The van der Waals surface area contributed by atoms with Crippen LogP contribution in [0.3, 0.4) is 0 Å². The molecule has 0 fully saturated rings. The van der Waals surface area contributed by atoms with E-state index in [1.807, 2.05) is 6.07 Å². The van der Waals surface area contributed by atoms with E-state index in [0.717, 1.165) is 0 Å². The molecule has 0 saturated heterocycles. The molecule has 6 aromatic rings. The summed E-state index contributed by atoms with van der Waals surface area (Å²) in [5.74, 6) is -2.89. The molecule has 0 aliphatic rings. The summed E-state index contributed by atoms with van der Waals surface area (Å²) in [5, 5.41) is 0.